The molecule has 0 aromatic heterocycles. The second-order valence-electron chi connectivity index (χ2n) is 19.6. The molecule has 0 radical (unpaired) electrons. The van der Waals surface area contributed by atoms with Crippen LogP contribution in [0.1, 0.15) is 101 Å². The van der Waals surface area contributed by atoms with Crippen molar-refractivity contribution < 1.29 is 37.5 Å². The SMILES string of the molecule is CC(C)C(=O)/C=C/CN(C)C.CC(C)C(=O)/C=C/CN1CCCCC1.CC(C)C(=O)/C=C/CN1CCOCC1.CC(C)C(=O)/C=C/CN1CC[C@@H](F)C1.CC(C)C(=O)/C=C/CN1CC[C@H](F)C1. The van der Waals surface area contributed by atoms with Crippen LogP contribution in [-0.4, -0.2) is 178 Å². The molecule has 4 fully saturated rings. The van der Waals surface area contributed by atoms with Gasteiger partial charge < -0.3 is 9.64 Å². The van der Waals surface area contributed by atoms with E-state index < -0.39 is 12.3 Å². The maximum Gasteiger partial charge on any atom is 0.157 e. The van der Waals surface area contributed by atoms with E-state index in [1.165, 1.54) is 32.4 Å². The molecular weight excluding hydrogens is 853 g/mol. The van der Waals surface area contributed by atoms with Crippen LogP contribution in [0.5, 0.6) is 0 Å². The topological polar surface area (TPSA) is 111 Å². The Morgan fingerprint density at radius 2 is 0.761 bits per heavy atom. The average molecular weight is 946 g/mol. The molecule has 0 bridgehead atoms. The highest BCUT2D eigenvalue weighted by Gasteiger charge is 2.21. The molecule has 0 spiro atoms. The monoisotopic (exact) mass is 946 g/mol. The van der Waals surface area contributed by atoms with Crippen LogP contribution in [0.3, 0.4) is 0 Å². The Kier molecular flexibility index (Phi) is 36.6. The largest absolute Gasteiger partial charge is 0.379 e. The lowest BCUT2D eigenvalue weighted by Gasteiger charge is -2.25. The molecule has 0 saturated carbocycles. The lowest BCUT2D eigenvalue weighted by molar-refractivity contribution is -0.118. The third kappa shape index (κ3) is 35.4. The van der Waals surface area contributed by atoms with Crippen molar-refractivity contribution in [3.8, 4) is 0 Å². The normalized spacial score (nSPS) is 20.0. The zero-order valence-electron chi connectivity index (χ0n) is 43.9. The lowest BCUT2D eigenvalue weighted by Crippen LogP contribution is -2.36. The van der Waals surface area contributed by atoms with Crippen molar-refractivity contribution in [1.82, 2.24) is 24.5 Å². The first-order valence-corrected chi connectivity index (χ1v) is 25.0. The van der Waals surface area contributed by atoms with Gasteiger partial charge in [0.25, 0.3) is 0 Å². The quantitative estimate of drug-likeness (QED) is 0.110. The van der Waals surface area contributed by atoms with Gasteiger partial charge in [0, 0.05) is 102 Å². The summed E-state index contributed by atoms with van der Waals surface area (Å²) in [6, 6.07) is 0. The van der Waals surface area contributed by atoms with E-state index in [2.05, 4.69) is 9.80 Å². The van der Waals surface area contributed by atoms with E-state index in [1.54, 1.807) is 30.4 Å². The number of hydrogen-bond acceptors (Lipinski definition) is 11. The summed E-state index contributed by atoms with van der Waals surface area (Å²) in [5, 5.41) is 0. The summed E-state index contributed by atoms with van der Waals surface area (Å²) >= 11 is 0. The standard InChI is InChI=1S/C12H21NO.2C11H18FNO.C11H19NO2.C9H17NO/c1-11(2)12(14)7-6-10-13-8-4-3-5-9-13;2*1-9(2)11(14)4-3-6-13-7-5-10(12)8-13;1-10(2)11(13)4-3-5-12-6-8-14-9-7-12;1-8(2)9(11)6-5-7-10(3)4/h6-7,11H,3-5,8-10H2,1-2H3;2*3-4,9-10H,5-8H2,1-2H3;3-4,10H,5-9H2,1-2H3;5-6,8H,7H2,1-4H3/b7-6+;3*4-3+;6-5+/t;2*10-;;/m.10../s1. The molecule has 0 amide bonds. The maximum absolute atomic E-state index is 12.8. The van der Waals surface area contributed by atoms with Gasteiger partial charge in [0.2, 0.25) is 0 Å². The van der Waals surface area contributed by atoms with Gasteiger partial charge >= 0.3 is 0 Å². The summed E-state index contributed by atoms with van der Waals surface area (Å²) < 4.78 is 30.7. The summed E-state index contributed by atoms with van der Waals surface area (Å²) in [5.41, 5.74) is 0. The highest BCUT2D eigenvalue weighted by molar-refractivity contribution is 5.92. The fraction of sp³-hybridized carbons (Fsp3) is 0.722. The Bertz CT molecular complexity index is 1370. The smallest absolute Gasteiger partial charge is 0.157 e. The Labute approximate surface area is 406 Å². The number of rotatable bonds is 20. The molecular formula is C54H93F2N5O6. The molecule has 67 heavy (non-hydrogen) atoms. The number of alkyl halides is 2. The van der Waals surface area contributed by atoms with Crippen LogP contribution in [0.2, 0.25) is 0 Å². The van der Waals surface area contributed by atoms with Crippen molar-refractivity contribution in [2.24, 2.45) is 29.6 Å². The number of likely N-dealkylation sites (tertiary alicyclic amines) is 3. The van der Waals surface area contributed by atoms with Crippen molar-refractivity contribution >= 4 is 28.9 Å². The Hall–Kier alpha value is -3.33. The third-order valence-electron chi connectivity index (χ3n) is 11.2. The van der Waals surface area contributed by atoms with E-state index in [1.807, 2.05) is 128 Å². The van der Waals surface area contributed by atoms with Crippen LogP contribution in [0, 0.1) is 29.6 Å². The number of piperidine rings is 1. The van der Waals surface area contributed by atoms with Crippen LogP contribution < -0.4 is 0 Å². The molecule has 0 aliphatic carbocycles. The number of carbonyl (C=O) groups excluding carboxylic acids is 5. The van der Waals surface area contributed by atoms with Crippen molar-refractivity contribution in [2.45, 2.75) is 114 Å². The van der Waals surface area contributed by atoms with E-state index >= 15 is 0 Å². The van der Waals surface area contributed by atoms with Gasteiger partial charge in [-0.3, -0.25) is 43.6 Å². The number of ketones is 5. The maximum atomic E-state index is 12.8. The number of carbonyl (C=O) groups is 5. The minimum absolute atomic E-state index is 0.0544. The Balaban J connectivity index is 0.000000815. The van der Waals surface area contributed by atoms with Crippen molar-refractivity contribution in [1.29, 1.82) is 0 Å². The van der Waals surface area contributed by atoms with E-state index in [0.29, 0.717) is 39.0 Å². The Morgan fingerprint density at radius 1 is 0.463 bits per heavy atom. The van der Waals surface area contributed by atoms with E-state index in [-0.39, 0.29) is 58.5 Å². The van der Waals surface area contributed by atoms with Crippen LogP contribution in [0.25, 0.3) is 0 Å². The number of ether oxygens (including phenoxy) is 1. The van der Waals surface area contributed by atoms with E-state index in [4.69, 9.17) is 4.74 Å². The fourth-order valence-electron chi connectivity index (χ4n) is 6.44. The predicted molar refractivity (Wildman–Crippen MR) is 273 cm³/mol. The molecule has 0 N–H and O–H groups in total. The molecule has 4 aliphatic rings. The summed E-state index contributed by atoms with van der Waals surface area (Å²) in [7, 11) is 3.95. The highest BCUT2D eigenvalue weighted by atomic mass is 19.1. The van der Waals surface area contributed by atoms with Crippen LogP contribution in [-0.2, 0) is 28.7 Å². The number of allylic oxidation sites excluding steroid dienone is 5. The molecule has 4 heterocycles. The molecule has 4 aliphatic heterocycles. The van der Waals surface area contributed by atoms with E-state index in [9.17, 15) is 32.8 Å². The van der Waals surface area contributed by atoms with Crippen LogP contribution >= 0.6 is 0 Å². The molecule has 0 aromatic rings. The minimum Gasteiger partial charge on any atom is -0.379 e. The van der Waals surface area contributed by atoms with Gasteiger partial charge in [-0.15, -0.1) is 0 Å². The molecule has 4 rings (SSSR count). The van der Waals surface area contributed by atoms with Gasteiger partial charge in [0.15, 0.2) is 28.9 Å². The van der Waals surface area contributed by atoms with Gasteiger partial charge in [0.05, 0.1) is 13.2 Å². The zero-order valence-corrected chi connectivity index (χ0v) is 43.9. The summed E-state index contributed by atoms with van der Waals surface area (Å²) in [5.74, 6) is 1.39. The number of morpholine rings is 1. The molecule has 0 unspecified atom stereocenters. The number of likely N-dealkylation sites (N-methyl/N-ethyl adjacent to an activating group) is 1. The summed E-state index contributed by atoms with van der Waals surface area (Å²) in [6.45, 7) is 31.6. The van der Waals surface area contributed by atoms with Gasteiger partial charge in [-0.05, 0) is 83.2 Å². The molecule has 13 heteroatoms. The van der Waals surface area contributed by atoms with Crippen molar-refractivity contribution in [3.05, 3.63) is 60.8 Å². The van der Waals surface area contributed by atoms with Gasteiger partial charge in [-0.2, -0.15) is 0 Å². The van der Waals surface area contributed by atoms with Crippen molar-refractivity contribution in [2.75, 3.05) is 112 Å². The van der Waals surface area contributed by atoms with Crippen molar-refractivity contribution in [3.63, 3.8) is 0 Å². The highest BCUT2D eigenvalue weighted by Crippen LogP contribution is 2.13. The van der Waals surface area contributed by atoms with Crippen LogP contribution in [0.15, 0.2) is 60.8 Å². The second-order valence-corrected chi connectivity index (χ2v) is 19.6. The third-order valence-corrected chi connectivity index (χ3v) is 11.2. The first-order valence-electron chi connectivity index (χ1n) is 25.0. The van der Waals surface area contributed by atoms with Gasteiger partial charge in [0.1, 0.15) is 12.3 Å². The number of nitrogens with zero attached hydrogens (tertiary/aromatic N) is 5. The average Bonchev–Trinajstić information content (AvgIpc) is 3.91. The molecule has 11 nitrogen and oxygen atoms in total. The lowest BCUT2D eigenvalue weighted by atomic mass is 10.1. The number of halogens is 2. The molecule has 384 valence electrons. The summed E-state index contributed by atoms with van der Waals surface area (Å²) in [6.07, 6.45) is 21.7. The predicted octanol–water partition coefficient (Wildman–Crippen LogP) is 8.31. The zero-order chi connectivity index (χ0) is 50.7. The van der Waals surface area contributed by atoms with Gasteiger partial charge in [-0.1, -0.05) is 106 Å². The molecule has 0 aromatic carbocycles. The number of hydrogen-bond donors (Lipinski definition) is 0. The second kappa shape index (κ2) is 38.5. The first kappa shape index (κ1) is 63.7. The molecule has 4 saturated heterocycles. The van der Waals surface area contributed by atoms with E-state index in [0.717, 1.165) is 59.0 Å². The minimum atomic E-state index is -0.677. The van der Waals surface area contributed by atoms with Crippen LogP contribution in [0.4, 0.5) is 8.78 Å². The van der Waals surface area contributed by atoms with Gasteiger partial charge in [-0.25, -0.2) is 8.78 Å². The fourth-order valence-corrected chi connectivity index (χ4v) is 6.44. The summed E-state index contributed by atoms with van der Waals surface area (Å²) in [4.78, 5) is 66.7. The molecule has 2 atom stereocenters. The Morgan fingerprint density at radius 3 is 1.04 bits per heavy atom. The first-order chi connectivity index (χ1) is 31.6.